The summed E-state index contributed by atoms with van der Waals surface area (Å²) in [7, 11) is -2.43. The summed E-state index contributed by atoms with van der Waals surface area (Å²) in [6.07, 6.45) is -1.19. The zero-order chi connectivity index (χ0) is 30.7. The van der Waals surface area contributed by atoms with E-state index in [1.165, 1.54) is 6.20 Å². The molecule has 0 amide bonds. The Morgan fingerprint density at radius 2 is 1.52 bits per heavy atom. The fraction of sp³-hybridized carbons (Fsp3) is 0.400. The third kappa shape index (κ3) is 6.75. The van der Waals surface area contributed by atoms with Gasteiger partial charge in [0.15, 0.2) is 26.3 Å². The van der Waals surface area contributed by atoms with Crippen molar-refractivity contribution in [2.75, 3.05) is 13.2 Å². The first kappa shape index (κ1) is 31.4. The van der Waals surface area contributed by atoms with Crippen LogP contribution in [0.25, 0.3) is 0 Å². The lowest BCUT2D eigenvalue weighted by molar-refractivity contribution is -0.150. The van der Waals surface area contributed by atoms with Crippen LogP contribution in [0.2, 0.25) is 18.1 Å². The number of esters is 2. The first-order valence-electron chi connectivity index (χ1n) is 13.5. The highest BCUT2D eigenvalue weighted by atomic mass is 35.5. The Kier molecular flexibility index (Phi) is 9.26. The molecule has 0 spiro atoms. The number of H-pyrrole nitrogens is 1. The van der Waals surface area contributed by atoms with E-state index in [-0.39, 0.29) is 17.2 Å². The normalized spacial score (nSPS) is 22.5. The maximum atomic E-state index is 13.3. The third-order valence-corrected chi connectivity index (χ3v) is 12.7. The lowest BCUT2D eigenvalue weighted by Gasteiger charge is -2.41. The van der Waals surface area contributed by atoms with Crippen molar-refractivity contribution in [2.24, 2.45) is 0 Å². The summed E-state index contributed by atoms with van der Waals surface area (Å²) < 4.78 is 25.8. The number of aromatic amines is 1. The van der Waals surface area contributed by atoms with Crippen LogP contribution in [0.1, 0.15) is 47.7 Å². The predicted octanol–water partition coefficient (Wildman–Crippen LogP) is 4.52. The minimum atomic E-state index is -2.43. The van der Waals surface area contributed by atoms with Crippen molar-refractivity contribution < 1.29 is 28.2 Å². The Labute approximate surface area is 249 Å². The smallest absolute Gasteiger partial charge is 0.338 e. The van der Waals surface area contributed by atoms with Crippen LogP contribution in [0.5, 0.6) is 0 Å². The molecule has 2 aromatic carbocycles. The molecule has 0 radical (unpaired) electrons. The van der Waals surface area contributed by atoms with Crippen molar-refractivity contribution in [1.29, 1.82) is 0 Å². The van der Waals surface area contributed by atoms with Crippen molar-refractivity contribution in [2.45, 2.75) is 62.2 Å². The van der Waals surface area contributed by atoms with Crippen molar-refractivity contribution >= 4 is 31.9 Å². The van der Waals surface area contributed by atoms with E-state index in [0.717, 1.165) is 10.6 Å². The zero-order valence-electron chi connectivity index (χ0n) is 24.2. The number of benzene rings is 2. The topological polar surface area (TPSA) is 126 Å². The van der Waals surface area contributed by atoms with Crippen LogP contribution in [0.4, 0.5) is 0 Å². The number of ether oxygens (including phenoxy) is 3. The van der Waals surface area contributed by atoms with Crippen molar-refractivity contribution in [3.63, 3.8) is 0 Å². The number of nitrogens with one attached hydrogen (secondary N) is 1. The van der Waals surface area contributed by atoms with Crippen LogP contribution in [0.15, 0.2) is 82.5 Å². The van der Waals surface area contributed by atoms with Gasteiger partial charge in [0.2, 0.25) is 0 Å². The molecular weight excluding hydrogens is 580 g/mol. The quantitative estimate of drug-likeness (QED) is 0.212. The summed E-state index contributed by atoms with van der Waals surface area (Å²) >= 11 is 6.94. The highest BCUT2D eigenvalue weighted by molar-refractivity contribution is 6.74. The number of rotatable bonds is 9. The summed E-state index contributed by atoms with van der Waals surface area (Å²) in [5.74, 6) is -1.31. The number of hydrogen-bond acceptors (Lipinski definition) is 8. The van der Waals surface area contributed by atoms with E-state index in [9.17, 15) is 19.2 Å². The Hall–Kier alpha value is -3.51. The molecule has 4 rings (SSSR count). The second-order valence-corrected chi connectivity index (χ2v) is 17.0. The van der Waals surface area contributed by atoms with Crippen LogP contribution in [-0.2, 0) is 18.6 Å². The second kappa shape index (κ2) is 12.4. The van der Waals surface area contributed by atoms with Gasteiger partial charge in [-0.25, -0.2) is 14.4 Å². The first-order valence-corrected chi connectivity index (χ1v) is 16.8. The minimum Gasteiger partial charge on any atom is -0.459 e. The summed E-state index contributed by atoms with van der Waals surface area (Å²) in [5.41, 5.74) is -2.40. The van der Waals surface area contributed by atoms with E-state index in [1.807, 2.05) is 13.1 Å². The van der Waals surface area contributed by atoms with Gasteiger partial charge >= 0.3 is 17.6 Å². The molecule has 42 heavy (non-hydrogen) atoms. The lowest BCUT2D eigenvalue weighted by Crippen LogP contribution is -2.55. The van der Waals surface area contributed by atoms with Crippen LogP contribution >= 0.6 is 11.6 Å². The van der Waals surface area contributed by atoms with Gasteiger partial charge in [-0.3, -0.25) is 14.3 Å². The Morgan fingerprint density at radius 3 is 2.07 bits per heavy atom. The van der Waals surface area contributed by atoms with Gasteiger partial charge < -0.3 is 18.6 Å². The van der Waals surface area contributed by atoms with Gasteiger partial charge in [-0.2, -0.15) is 0 Å². The van der Waals surface area contributed by atoms with Gasteiger partial charge in [0.25, 0.3) is 5.56 Å². The third-order valence-electron chi connectivity index (χ3n) is 7.75. The molecule has 2 heterocycles. The van der Waals surface area contributed by atoms with Crippen molar-refractivity contribution in [3.8, 4) is 0 Å². The number of carbonyl (C=O) groups is 2. The maximum absolute atomic E-state index is 13.3. The molecule has 10 nitrogen and oxygen atoms in total. The maximum Gasteiger partial charge on any atom is 0.338 e. The molecule has 0 unspecified atom stereocenters. The molecule has 1 aliphatic rings. The number of carbonyl (C=O) groups excluding carboxylic acids is 2. The van der Waals surface area contributed by atoms with Crippen molar-refractivity contribution in [3.05, 3.63) is 105 Å². The summed E-state index contributed by atoms with van der Waals surface area (Å²) in [4.78, 5) is 53.1. The summed E-state index contributed by atoms with van der Waals surface area (Å²) in [6.45, 7) is 9.72. The lowest BCUT2D eigenvalue weighted by atomic mass is 9.97. The molecule has 12 heteroatoms. The predicted molar refractivity (Wildman–Crippen MR) is 159 cm³/mol. The van der Waals surface area contributed by atoms with Gasteiger partial charge in [0.1, 0.15) is 12.0 Å². The fourth-order valence-corrected chi connectivity index (χ4v) is 5.71. The summed E-state index contributed by atoms with van der Waals surface area (Å²) in [5, 5.41) is -1.33. The Morgan fingerprint density at radius 1 is 0.952 bits per heavy atom. The Bertz CT molecular complexity index is 1520. The molecule has 0 bridgehead atoms. The van der Waals surface area contributed by atoms with Gasteiger partial charge in [-0.05, 0) is 42.4 Å². The molecular formula is C30H35ClN2O8Si. The van der Waals surface area contributed by atoms with Crippen LogP contribution in [0, 0.1) is 0 Å². The van der Waals surface area contributed by atoms with E-state index in [2.05, 4.69) is 25.8 Å². The summed E-state index contributed by atoms with van der Waals surface area (Å²) in [6, 6.07) is 17.9. The SMILES string of the molecule is CC(C)(C)[Si](C)(C)OC[C@]1(COC(=O)c2ccccc2)O[C@@H](n2ccc(=O)[nH]c2=O)[C@H](Cl)[C@@H]1OC(=O)c1ccccc1. The average molecular weight is 615 g/mol. The number of aromatic nitrogens is 2. The molecule has 1 fully saturated rings. The van der Waals surface area contributed by atoms with Crippen molar-refractivity contribution in [1.82, 2.24) is 9.55 Å². The fourth-order valence-electron chi connectivity index (χ4n) is 4.22. The standard InChI is InChI=1S/C30H35ClN2O8Si/c1-29(2,3)42(4,5)39-19-30(18-38-26(35)20-12-8-6-9-13-20)24(40-27(36)21-14-10-7-11-15-21)23(31)25(41-30)33-17-16-22(34)32-28(33)37/h6-17,23-25H,18-19H2,1-5H3,(H,32,34,37)/t23-,24+,25-,30+/m1/s1. The molecule has 1 saturated heterocycles. The number of hydrogen-bond donors (Lipinski definition) is 1. The van der Waals surface area contributed by atoms with Crippen LogP contribution < -0.4 is 11.2 Å². The molecule has 1 N–H and O–H groups in total. The molecule has 224 valence electrons. The van der Waals surface area contributed by atoms with Gasteiger partial charge in [0, 0.05) is 12.3 Å². The van der Waals surface area contributed by atoms with E-state index in [0.29, 0.717) is 5.56 Å². The first-order chi connectivity index (χ1) is 19.7. The Balaban J connectivity index is 1.77. The van der Waals surface area contributed by atoms with Gasteiger partial charge in [-0.15, -0.1) is 11.6 Å². The molecule has 0 aliphatic carbocycles. The average Bonchev–Trinajstić information content (AvgIpc) is 3.22. The molecule has 1 aliphatic heterocycles. The largest absolute Gasteiger partial charge is 0.459 e. The monoisotopic (exact) mass is 614 g/mol. The second-order valence-electron chi connectivity index (χ2n) is 11.7. The zero-order valence-corrected chi connectivity index (χ0v) is 25.9. The van der Waals surface area contributed by atoms with E-state index in [1.54, 1.807) is 60.7 Å². The number of nitrogens with zero attached hydrogens (tertiary/aromatic N) is 1. The molecule has 0 saturated carbocycles. The van der Waals surface area contributed by atoms with Gasteiger partial charge in [-0.1, -0.05) is 57.2 Å². The minimum absolute atomic E-state index is 0.157. The molecule has 1 aromatic heterocycles. The highest BCUT2D eigenvalue weighted by Crippen LogP contribution is 2.44. The van der Waals surface area contributed by atoms with Gasteiger partial charge in [0.05, 0.1) is 17.7 Å². The van der Waals surface area contributed by atoms with Crippen LogP contribution in [-0.4, -0.2) is 60.1 Å². The van der Waals surface area contributed by atoms with E-state index >= 15 is 0 Å². The molecule has 4 atom stereocenters. The number of halogens is 1. The van der Waals surface area contributed by atoms with E-state index < -0.39 is 61.4 Å². The number of alkyl halides is 1. The van der Waals surface area contributed by atoms with Crippen LogP contribution in [0.3, 0.4) is 0 Å². The highest BCUT2D eigenvalue weighted by Gasteiger charge is 2.60. The molecule has 3 aromatic rings. The van der Waals surface area contributed by atoms with E-state index in [4.69, 9.17) is 30.2 Å².